The van der Waals surface area contributed by atoms with Crippen molar-refractivity contribution in [2.24, 2.45) is 0 Å². The summed E-state index contributed by atoms with van der Waals surface area (Å²) in [4.78, 5) is 31.6. The minimum atomic E-state index is -0.527. The smallest absolute Gasteiger partial charge is 0.256 e. The molecule has 0 saturated carbocycles. The van der Waals surface area contributed by atoms with E-state index in [1.165, 1.54) is 25.4 Å². The van der Waals surface area contributed by atoms with E-state index in [9.17, 15) is 14.0 Å². The molecule has 0 fully saturated rings. The van der Waals surface area contributed by atoms with E-state index in [1.54, 1.807) is 6.07 Å². The van der Waals surface area contributed by atoms with E-state index in [0.717, 1.165) is 6.07 Å². The zero-order valence-electron chi connectivity index (χ0n) is 11.4. The van der Waals surface area contributed by atoms with Crippen molar-refractivity contribution in [3.8, 4) is 17.1 Å². The number of fused-ring (bicyclic) bond motifs is 5. The molecule has 0 saturated heterocycles. The van der Waals surface area contributed by atoms with Crippen molar-refractivity contribution in [2.45, 2.75) is 0 Å². The Morgan fingerprint density at radius 3 is 2.77 bits per heavy atom. The number of carbonyl (C=O) groups is 1. The lowest BCUT2D eigenvalue weighted by atomic mass is 10.0. The third kappa shape index (κ3) is 1.54. The number of carbonyl (C=O) groups excluding carboxylic acids is 1. The van der Waals surface area contributed by atoms with E-state index < -0.39 is 11.4 Å². The Morgan fingerprint density at radius 2 is 2.00 bits per heavy atom. The normalized spacial score (nSPS) is 12.4. The zero-order valence-corrected chi connectivity index (χ0v) is 11.4. The Kier molecular flexibility index (Phi) is 2.45. The third-order valence-corrected chi connectivity index (χ3v) is 3.79. The van der Waals surface area contributed by atoms with Gasteiger partial charge in [0.2, 0.25) is 0 Å². The summed E-state index contributed by atoms with van der Waals surface area (Å²) in [6, 6.07) is 5.38. The number of aromatic nitrogens is 2. The molecule has 6 heteroatoms. The summed E-state index contributed by atoms with van der Waals surface area (Å²) in [5.41, 5.74) is 1.02. The van der Waals surface area contributed by atoms with Gasteiger partial charge in [0.1, 0.15) is 11.6 Å². The lowest BCUT2D eigenvalue weighted by molar-refractivity contribution is 0.104. The number of nitrogens with one attached hydrogen (secondary N) is 1. The van der Waals surface area contributed by atoms with E-state index in [2.05, 4.69) is 9.97 Å². The lowest BCUT2D eigenvalue weighted by Gasteiger charge is -2.04. The van der Waals surface area contributed by atoms with Crippen LogP contribution in [0, 0.1) is 5.82 Å². The van der Waals surface area contributed by atoms with Crippen molar-refractivity contribution in [1.82, 2.24) is 9.97 Å². The number of H-pyrrole nitrogens is 1. The molecule has 1 aliphatic rings. The number of pyridine rings is 2. The van der Waals surface area contributed by atoms with Gasteiger partial charge in [-0.05, 0) is 18.2 Å². The number of halogens is 1. The largest absolute Gasteiger partial charge is 0.495 e. The SMILES string of the molecule is COc1cnc2c(c1)C(=O)c1c-2[nH]c(=O)c2cc(F)ccc12. The maximum absolute atomic E-state index is 13.4. The molecule has 22 heavy (non-hydrogen) atoms. The molecule has 0 spiro atoms. The van der Waals surface area contributed by atoms with Crippen molar-refractivity contribution in [2.75, 3.05) is 7.11 Å². The Bertz CT molecular complexity index is 1020. The summed E-state index contributed by atoms with van der Waals surface area (Å²) in [7, 11) is 1.48. The molecule has 0 bridgehead atoms. The van der Waals surface area contributed by atoms with Crippen molar-refractivity contribution in [1.29, 1.82) is 0 Å². The number of benzene rings is 1. The Morgan fingerprint density at radius 1 is 1.18 bits per heavy atom. The number of methoxy groups -OCH3 is 1. The Labute approximate surface area is 123 Å². The molecule has 0 unspecified atom stereocenters. The van der Waals surface area contributed by atoms with Crippen LogP contribution in [-0.4, -0.2) is 22.9 Å². The van der Waals surface area contributed by atoms with Crippen molar-refractivity contribution in [3.05, 3.63) is 57.8 Å². The first-order chi connectivity index (χ1) is 10.6. The van der Waals surface area contributed by atoms with Gasteiger partial charge in [-0.2, -0.15) is 0 Å². The summed E-state index contributed by atoms with van der Waals surface area (Å²) in [5, 5.41) is 0.564. The second-order valence-corrected chi connectivity index (χ2v) is 4.99. The van der Waals surface area contributed by atoms with Crippen LogP contribution < -0.4 is 10.3 Å². The minimum absolute atomic E-state index is 0.145. The number of rotatable bonds is 1. The molecule has 5 nitrogen and oxygen atoms in total. The molecule has 2 heterocycles. The quantitative estimate of drug-likeness (QED) is 0.585. The zero-order chi connectivity index (χ0) is 15.4. The predicted octanol–water partition coefficient (Wildman–Crippen LogP) is 2.28. The van der Waals surface area contributed by atoms with Crippen LogP contribution in [0.5, 0.6) is 5.75 Å². The van der Waals surface area contributed by atoms with Crippen LogP contribution in [0.25, 0.3) is 22.2 Å². The number of ether oxygens (including phenoxy) is 1. The van der Waals surface area contributed by atoms with Gasteiger partial charge in [0.15, 0.2) is 5.78 Å². The second-order valence-electron chi connectivity index (χ2n) is 4.99. The highest BCUT2D eigenvalue weighted by atomic mass is 19.1. The molecule has 4 rings (SSSR count). The Hall–Kier alpha value is -3.02. The van der Waals surface area contributed by atoms with Gasteiger partial charge in [0, 0.05) is 5.39 Å². The molecule has 1 aliphatic carbocycles. The van der Waals surface area contributed by atoms with Crippen LogP contribution in [0.15, 0.2) is 35.3 Å². The average molecular weight is 296 g/mol. The van der Waals surface area contributed by atoms with Gasteiger partial charge in [0.05, 0.1) is 41.2 Å². The number of aromatic amines is 1. The first kappa shape index (κ1) is 12.7. The second kappa shape index (κ2) is 4.24. The van der Waals surface area contributed by atoms with Gasteiger partial charge in [0.25, 0.3) is 5.56 Å². The number of nitrogens with zero attached hydrogens (tertiary/aromatic N) is 1. The van der Waals surface area contributed by atoms with Gasteiger partial charge < -0.3 is 9.72 Å². The van der Waals surface area contributed by atoms with E-state index in [-0.39, 0.29) is 11.2 Å². The highest BCUT2D eigenvalue weighted by molar-refractivity contribution is 6.26. The fraction of sp³-hybridized carbons (Fsp3) is 0.0625. The summed E-state index contributed by atoms with van der Waals surface area (Å²) >= 11 is 0. The van der Waals surface area contributed by atoms with Crippen LogP contribution in [0.4, 0.5) is 4.39 Å². The molecular weight excluding hydrogens is 287 g/mol. The number of ketones is 1. The fourth-order valence-corrected chi connectivity index (χ4v) is 2.78. The number of hydrogen-bond acceptors (Lipinski definition) is 4. The van der Waals surface area contributed by atoms with Crippen molar-refractivity contribution in [3.63, 3.8) is 0 Å². The molecule has 3 aromatic rings. The standard InChI is InChI=1S/C16H9FN2O3/c1-22-8-5-11-13(18-6-8)14-12(15(11)20)9-3-2-7(17)4-10(9)16(21)19-14/h2-6H,1H3,(H,19,21). The van der Waals surface area contributed by atoms with Crippen molar-refractivity contribution < 1.29 is 13.9 Å². The maximum atomic E-state index is 13.4. The topological polar surface area (TPSA) is 72.0 Å². The van der Waals surface area contributed by atoms with Crippen LogP contribution >= 0.6 is 0 Å². The maximum Gasteiger partial charge on any atom is 0.256 e. The van der Waals surface area contributed by atoms with Crippen LogP contribution in [0.1, 0.15) is 15.9 Å². The fourth-order valence-electron chi connectivity index (χ4n) is 2.78. The number of hydrogen-bond donors (Lipinski definition) is 1. The monoisotopic (exact) mass is 296 g/mol. The van der Waals surface area contributed by atoms with Crippen LogP contribution in [0.2, 0.25) is 0 Å². The molecule has 0 radical (unpaired) electrons. The van der Waals surface area contributed by atoms with E-state index >= 15 is 0 Å². The van der Waals surface area contributed by atoms with E-state index in [4.69, 9.17) is 4.74 Å². The first-order valence-corrected chi connectivity index (χ1v) is 6.55. The first-order valence-electron chi connectivity index (χ1n) is 6.55. The van der Waals surface area contributed by atoms with Gasteiger partial charge >= 0.3 is 0 Å². The van der Waals surface area contributed by atoms with E-state index in [1.807, 2.05) is 0 Å². The molecule has 1 N–H and O–H groups in total. The molecule has 2 aromatic heterocycles. The molecule has 0 atom stereocenters. The average Bonchev–Trinajstić information content (AvgIpc) is 2.80. The summed E-state index contributed by atoms with van der Waals surface area (Å²) < 4.78 is 18.4. The van der Waals surface area contributed by atoms with E-state index in [0.29, 0.717) is 33.7 Å². The lowest BCUT2D eigenvalue weighted by Crippen LogP contribution is -2.10. The Balaban J connectivity index is 2.12. The third-order valence-electron chi connectivity index (χ3n) is 3.79. The highest BCUT2D eigenvalue weighted by Crippen LogP contribution is 2.37. The van der Waals surface area contributed by atoms with Gasteiger partial charge in [-0.15, -0.1) is 0 Å². The molecule has 0 amide bonds. The summed E-state index contributed by atoms with van der Waals surface area (Å²) in [5.74, 6) is -0.331. The summed E-state index contributed by atoms with van der Waals surface area (Å²) in [6.07, 6.45) is 1.48. The molecule has 0 aliphatic heterocycles. The van der Waals surface area contributed by atoms with Gasteiger partial charge in [-0.3, -0.25) is 14.6 Å². The minimum Gasteiger partial charge on any atom is -0.495 e. The van der Waals surface area contributed by atoms with Crippen molar-refractivity contribution >= 4 is 16.6 Å². The van der Waals surface area contributed by atoms with Crippen LogP contribution in [-0.2, 0) is 0 Å². The van der Waals surface area contributed by atoms with Gasteiger partial charge in [-0.25, -0.2) is 4.39 Å². The highest BCUT2D eigenvalue weighted by Gasteiger charge is 2.32. The molecular formula is C16H9FN2O3. The van der Waals surface area contributed by atoms with Crippen LogP contribution in [0.3, 0.4) is 0 Å². The van der Waals surface area contributed by atoms with Gasteiger partial charge in [-0.1, -0.05) is 6.07 Å². The predicted molar refractivity (Wildman–Crippen MR) is 77.7 cm³/mol. The molecule has 108 valence electrons. The summed E-state index contributed by atoms with van der Waals surface area (Å²) in [6.45, 7) is 0. The molecule has 1 aromatic carbocycles.